The Hall–Kier alpha value is -3.52. The van der Waals surface area contributed by atoms with E-state index < -0.39 is 0 Å². The minimum atomic E-state index is -0.213. The molecule has 0 spiro atoms. The Balaban J connectivity index is 1.20. The zero-order valence-electron chi connectivity index (χ0n) is 21.3. The lowest BCUT2D eigenvalue weighted by molar-refractivity contribution is -0.142. The van der Waals surface area contributed by atoms with Crippen LogP contribution in [0.3, 0.4) is 0 Å². The highest BCUT2D eigenvalue weighted by Gasteiger charge is 2.23. The summed E-state index contributed by atoms with van der Waals surface area (Å²) in [5.74, 6) is 0.368. The van der Waals surface area contributed by atoms with Crippen LogP contribution >= 0.6 is 11.3 Å². The summed E-state index contributed by atoms with van der Waals surface area (Å²) in [5, 5.41) is 6.55. The topological polar surface area (TPSA) is 97.4 Å². The third kappa shape index (κ3) is 7.49. The first-order valence-corrected chi connectivity index (χ1v) is 13.5. The molecule has 0 radical (unpaired) electrons. The Kier molecular flexibility index (Phi) is 9.06. The molecule has 37 heavy (non-hydrogen) atoms. The Morgan fingerprint density at radius 3 is 2.38 bits per heavy atom. The molecule has 1 heterocycles. The molecule has 2 N–H and O–H groups in total. The second-order valence-electron chi connectivity index (χ2n) is 9.50. The van der Waals surface area contributed by atoms with Gasteiger partial charge in [0.1, 0.15) is 9.88 Å². The monoisotopic (exact) mass is 519 g/mol. The van der Waals surface area contributed by atoms with Gasteiger partial charge in [0.15, 0.2) is 0 Å². The van der Waals surface area contributed by atoms with E-state index in [2.05, 4.69) is 27.8 Å². The molecule has 0 aliphatic heterocycles. The number of aryl methyl sites for hydroxylation is 1. The number of benzene rings is 2. The Morgan fingerprint density at radius 2 is 1.70 bits per heavy atom. The first-order valence-electron chi connectivity index (χ1n) is 12.7. The number of aromatic nitrogens is 1. The molecule has 2 amide bonds. The highest BCUT2D eigenvalue weighted by Crippen LogP contribution is 2.36. The summed E-state index contributed by atoms with van der Waals surface area (Å²) >= 11 is 1.36. The number of carbonyl (C=O) groups excluding carboxylic acids is 3. The maximum atomic E-state index is 12.6. The second-order valence-corrected chi connectivity index (χ2v) is 10.5. The van der Waals surface area contributed by atoms with Gasteiger partial charge in [-0.2, -0.15) is 0 Å². The number of hydrogen-bond acceptors (Lipinski definition) is 6. The van der Waals surface area contributed by atoms with Crippen LogP contribution in [0.1, 0.15) is 65.9 Å². The lowest BCUT2D eigenvalue weighted by Gasteiger charge is -2.28. The number of amides is 2. The molecule has 3 aromatic rings. The van der Waals surface area contributed by atoms with Gasteiger partial charge in [-0.05, 0) is 62.1 Å². The summed E-state index contributed by atoms with van der Waals surface area (Å²) in [6.07, 6.45) is 4.43. The van der Waals surface area contributed by atoms with Gasteiger partial charge in [-0.1, -0.05) is 42.5 Å². The van der Waals surface area contributed by atoms with Gasteiger partial charge >= 0.3 is 5.97 Å². The van der Waals surface area contributed by atoms with Crippen molar-refractivity contribution in [2.75, 3.05) is 18.5 Å². The van der Waals surface area contributed by atoms with Crippen molar-refractivity contribution in [2.24, 2.45) is 5.92 Å². The molecule has 0 bridgehead atoms. The number of rotatable bonds is 9. The molecule has 8 heteroatoms. The minimum Gasteiger partial charge on any atom is -0.466 e. The summed E-state index contributed by atoms with van der Waals surface area (Å²) in [6.45, 7) is 4.04. The third-order valence-corrected chi connectivity index (χ3v) is 7.90. The molecule has 0 atom stereocenters. The highest BCUT2D eigenvalue weighted by molar-refractivity contribution is 7.17. The minimum absolute atomic E-state index is 0.148. The molecule has 1 aliphatic carbocycles. The van der Waals surface area contributed by atoms with Gasteiger partial charge in [-0.3, -0.25) is 14.4 Å². The summed E-state index contributed by atoms with van der Waals surface area (Å²) in [7, 11) is 0. The third-order valence-electron chi connectivity index (χ3n) is 6.70. The van der Waals surface area contributed by atoms with Crippen molar-refractivity contribution in [2.45, 2.75) is 51.9 Å². The highest BCUT2D eigenvalue weighted by atomic mass is 32.1. The molecular formula is C29H33N3O4S. The van der Waals surface area contributed by atoms with Gasteiger partial charge in [0.25, 0.3) is 5.91 Å². The van der Waals surface area contributed by atoms with E-state index in [1.165, 1.54) is 23.8 Å². The van der Waals surface area contributed by atoms with Crippen LogP contribution in [0.4, 0.5) is 5.69 Å². The number of carbonyl (C=O) groups is 3. The van der Waals surface area contributed by atoms with E-state index in [1.54, 1.807) is 0 Å². The van der Waals surface area contributed by atoms with Crippen molar-refractivity contribution in [3.8, 4) is 10.6 Å². The zero-order chi connectivity index (χ0) is 26.2. The van der Waals surface area contributed by atoms with E-state index in [1.807, 2.05) is 49.4 Å². The Labute approximate surface area is 221 Å². The van der Waals surface area contributed by atoms with Crippen molar-refractivity contribution >= 4 is 34.8 Å². The molecule has 1 saturated carbocycles. The SMILES string of the molecule is CC(=O)OCC1CCC(c2ccc(NC(=O)CCNC(=O)c3sc(-c4ccccc4)nc3C)cc2)CC1. The van der Waals surface area contributed by atoms with Crippen molar-refractivity contribution in [3.05, 3.63) is 70.7 Å². The van der Waals surface area contributed by atoms with Gasteiger partial charge in [0, 0.05) is 31.1 Å². The zero-order valence-corrected chi connectivity index (χ0v) is 22.1. The molecule has 7 nitrogen and oxygen atoms in total. The van der Waals surface area contributed by atoms with Gasteiger partial charge < -0.3 is 15.4 Å². The lowest BCUT2D eigenvalue weighted by atomic mass is 9.79. The van der Waals surface area contributed by atoms with Crippen molar-refractivity contribution in [3.63, 3.8) is 0 Å². The number of thiazole rings is 1. The van der Waals surface area contributed by atoms with Crippen LogP contribution < -0.4 is 10.6 Å². The lowest BCUT2D eigenvalue weighted by Crippen LogP contribution is -2.27. The first kappa shape index (κ1) is 26.5. The predicted octanol–water partition coefficient (Wildman–Crippen LogP) is 5.71. The molecule has 194 valence electrons. The molecule has 2 aromatic carbocycles. The van der Waals surface area contributed by atoms with E-state index in [4.69, 9.17) is 4.74 Å². The molecular weight excluding hydrogens is 486 g/mol. The number of nitrogens with zero attached hydrogens (tertiary/aromatic N) is 1. The fraction of sp³-hybridized carbons (Fsp3) is 0.379. The number of nitrogens with one attached hydrogen (secondary N) is 2. The van der Waals surface area contributed by atoms with E-state index in [-0.39, 0.29) is 30.7 Å². The van der Waals surface area contributed by atoms with Crippen LogP contribution in [0.5, 0.6) is 0 Å². The van der Waals surface area contributed by atoms with Crippen molar-refractivity contribution in [1.29, 1.82) is 0 Å². The van der Waals surface area contributed by atoms with Crippen LogP contribution in [0, 0.1) is 12.8 Å². The van der Waals surface area contributed by atoms with Gasteiger partial charge in [0.2, 0.25) is 5.91 Å². The van der Waals surface area contributed by atoms with E-state index in [0.29, 0.717) is 29.0 Å². The van der Waals surface area contributed by atoms with Gasteiger partial charge in [-0.25, -0.2) is 4.98 Å². The Bertz CT molecular complexity index is 1220. The first-order chi connectivity index (χ1) is 17.9. The van der Waals surface area contributed by atoms with Gasteiger partial charge in [-0.15, -0.1) is 11.3 Å². The summed E-state index contributed by atoms with van der Waals surface area (Å²) in [4.78, 5) is 41.1. The quantitative estimate of drug-likeness (QED) is 0.353. The smallest absolute Gasteiger partial charge is 0.302 e. The fourth-order valence-electron chi connectivity index (χ4n) is 4.64. The number of esters is 1. The molecule has 1 aromatic heterocycles. The van der Waals surface area contributed by atoms with Gasteiger partial charge in [0.05, 0.1) is 12.3 Å². The predicted molar refractivity (Wildman–Crippen MR) is 146 cm³/mol. The van der Waals surface area contributed by atoms with Crippen LogP contribution in [0.15, 0.2) is 54.6 Å². The van der Waals surface area contributed by atoms with E-state index in [9.17, 15) is 14.4 Å². The number of hydrogen-bond donors (Lipinski definition) is 2. The van der Waals surface area contributed by atoms with E-state index in [0.717, 1.165) is 41.9 Å². The number of ether oxygens (including phenoxy) is 1. The van der Waals surface area contributed by atoms with Crippen LogP contribution in [0.2, 0.25) is 0 Å². The maximum absolute atomic E-state index is 12.6. The summed E-state index contributed by atoms with van der Waals surface area (Å²) < 4.78 is 5.16. The second kappa shape index (κ2) is 12.6. The summed E-state index contributed by atoms with van der Waals surface area (Å²) in [6, 6.07) is 17.8. The normalized spacial score (nSPS) is 17.1. The average molecular weight is 520 g/mol. The maximum Gasteiger partial charge on any atom is 0.302 e. The standard InChI is InChI=1S/C29H33N3O4S/c1-19-27(37-29(31-19)24-6-4-3-5-7-24)28(35)30-17-16-26(34)32-25-14-12-23(13-15-25)22-10-8-21(9-11-22)18-36-20(2)33/h3-7,12-15,21-22H,8-11,16-18H2,1-2H3,(H,30,35)(H,32,34). The fourth-order valence-corrected chi connectivity index (χ4v) is 5.63. The molecule has 0 saturated heterocycles. The molecule has 4 rings (SSSR count). The number of anilines is 1. The molecule has 1 aliphatic rings. The molecule has 1 fully saturated rings. The summed E-state index contributed by atoms with van der Waals surface area (Å²) in [5.41, 5.74) is 3.68. The van der Waals surface area contributed by atoms with Crippen molar-refractivity contribution < 1.29 is 19.1 Å². The largest absolute Gasteiger partial charge is 0.466 e. The van der Waals surface area contributed by atoms with Crippen LogP contribution in [-0.4, -0.2) is 35.9 Å². The Morgan fingerprint density at radius 1 is 1.00 bits per heavy atom. The van der Waals surface area contributed by atoms with E-state index >= 15 is 0 Å². The average Bonchev–Trinajstić information content (AvgIpc) is 3.30. The molecule has 0 unspecified atom stereocenters. The van der Waals surface area contributed by atoms with Crippen LogP contribution in [0.25, 0.3) is 10.6 Å². The van der Waals surface area contributed by atoms with Crippen molar-refractivity contribution in [1.82, 2.24) is 10.3 Å². The van der Waals surface area contributed by atoms with Crippen LogP contribution in [-0.2, 0) is 14.3 Å².